The minimum absolute atomic E-state index is 0.239. The van der Waals surface area contributed by atoms with E-state index in [1.807, 2.05) is 6.07 Å². The van der Waals surface area contributed by atoms with Gasteiger partial charge in [0.2, 0.25) is 5.91 Å². The van der Waals surface area contributed by atoms with Crippen molar-refractivity contribution in [1.82, 2.24) is 5.43 Å². The summed E-state index contributed by atoms with van der Waals surface area (Å²) in [4.78, 5) is 24.3. The highest BCUT2D eigenvalue weighted by molar-refractivity contribution is 9.10. The van der Waals surface area contributed by atoms with E-state index < -0.39 is 17.7 Å². The third-order valence-corrected chi connectivity index (χ3v) is 4.51. The van der Waals surface area contributed by atoms with Crippen molar-refractivity contribution in [1.29, 1.82) is 0 Å². The van der Waals surface area contributed by atoms with Crippen LogP contribution in [0.5, 0.6) is 5.75 Å². The number of amides is 2. The molecular formula is C19H20BrN3O3. The molecule has 0 heterocycles. The van der Waals surface area contributed by atoms with Crippen molar-refractivity contribution in [3.8, 4) is 5.75 Å². The maximum absolute atomic E-state index is 12.2. The fourth-order valence-electron chi connectivity index (χ4n) is 2.25. The summed E-state index contributed by atoms with van der Waals surface area (Å²) in [5.74, 6) is -1.62. The van der Waals surface area contributed by atoms with Crippen LogP contribution >= 0.6 is 15.9 Å². The number of nitrogens with zero attached hydrogens (tertiary/aromatic N) is 1. The van der Waals surface area contributed by atoms with Crippen LogP contribution in [0.4, 0.5) is 5.69 Å². The normalized spacial score (nSPS) is 12.0. The van der Waals surface area contributed by atoms with Gasteiger partial charge in [0.05, 0.1) is 11.9 Å². The first-order valence-corrected chi connectivity index (χ1v) is 8.77. The number of nitrogens with one attached hydrogen (secondary N) is 2. The van der Waals surface area contributed by atoms with Crippen LogP contribution in [0.2, 0.25) is 0 Å². The molecule has 2 aromatic carbocycles. The molecule has 1 atom stereocenters. The van der Waals surface area contributed by atoms with Gasteiger partial charge in [0.15, 0.2) is 0 Å². The van der Waals surface area contributed by atoms with Crippen LogP contribution < -0.4 is 10.7 Å². The number of aromatic hydroxyl groups is 1. The van der Waals surface area contributed by atoms with Crippen molar-refractivity contribution < 1.29 is 14.7 Å². The lowest BCUT2D eigenvalue weighted by Crippen LogP contribution is -2.34. The Morgan fingerprint density at radius 1 is 1.15 bits per heavy atom. The fourth-order valence-corrected chi connectivity index (χ4v) is 2.64. The van der Waals surface area contributed by atoms with Crippen molar-refractivity contribution in [2.75, 3.05) is 5.32 Å². The SMILES string of the molecule is Cc1cc(/C=N/NC(=O)C(C)C(=O)Nc2ccccc2Br)cc(C)c1O. The Balaban J connectivity index is 1.96. The van der Waals surface area contributed by atoms with Crippen LogP contribution in [-0.4, -0.2) is 23.1 Å². The highest BCUT2D eigenvalue weighted by atomic mass is 79.9. The summed E-state index contributed by atoms with van der Waals surface area (Å²) in [6.07, 6.45) is 1.47. The average Bonchev–Trinajstić information content (AvgIpc) is 2.60. The maximum Gasteiger partial charge on any atom is 0.252 e. The van der Waals surface area contributed by atoms with E-state index in [0.717, 1.165) is 21.2 Å². The van der Waals surface area contributed by atoms with Crippen molar-refractivity contribution in [3.05, 3.63) is 57.6 Å². The quantitative estimate of drug-likeness (QED) is 0.395. The van der Waals surface area contributed by atoms with E-state index in [1.54, 1.807) is 44.2 Å². The summed E-state index contributed by atoms with van der Waals surface area (Å²) >= 11 is 3.34. The molecule has 1 unspecified atom stereocenters. The largest absolute Gasteiger partial charge is 0.507 e. The first-order valence-electron chi connectivity index (χ1n) is 7.98. The number of hydrogen-bond donors (Lipinski definition) is 3. The Morgan fingerprint density at radius 2 is 1.77 bits per heavy atom. The molecule has 0 aliphatic rings. The number of carbonyl (C=O) groups excluding carboxylic acids is 2. The molecule has 0 radical (unpaired) electrons. The number of hydrazone groups is 1. The molecule has 2 rings (SSSR count). The van der Waals surface area contributed by atoms with Crippen molar-refractivity contribution in [2.45, 2.75) is 20.8 Å². The molecule has 26 heavy (non-hydrogen) atoms. The van der Waals surface area contributed by atoms with Gasteiger partial charge in [0, 0.05) is 4.47 Å². The summed E-state index contributed by atoms with van der Waals surface area (Å²) in [7, 11) is 0. The van der Waals surface area contributed by atoms with Gasteiger partial charge in [0.25, 0.3) is 5.91 Å². The molecule has 3 N–H and O–H groups in total. The Labute approximate surface area is 160 Å². The second kappa shape index (κ2) is 8.62. The molecule has 6 nitrogen and oxygen atoms in total. The number of benzene rings is 2. The molecule has 0 aliphatic carbocycles. The summed E-state index contributed by atoms with van der Waals surface area (Å²) in [6, 6.07) is 10.7. The fraction of sp³-hybridized carbons (Fsp3) is 0.211. The highest BCUT2D eigenvalue weighted by Crippen LogP contribution is 2.22. The number of rotatable bonds is 5. The molecule has 0 aromatic heterocycles. The number of halogens is 1. The van der Waals surface area contributed by atoms with E-state index in [0.29, 0.717) is 5.69 Å². The molecule has 2 aromatic rings. The van der Waals surface area contributed by atoms with Crippen LogP contribution in [0, 0.1) is 19.8 Å². The molecule has 0 saturated carbocycles. The van der Waals surface area contributed by atoms with Gasteiger partial charge in [-0.2, -0.15) is 5.10 Å². The van der Waals surface area contributed by atoms with E-state index in [9.17, 15) is 14.7 Å². The smallest absolute Gasteiger partial charge is 0.252 e. The third kappa shape index (κ3) is 4.92. The highest BCUT2D eigenvalue weighted by Gasteiger charge is 2.21. The molecular weight excluding hydrogens is 398 g/mol. The average molecular weight is 418 g/mol. The van der Waals surface area contributed by atoms with Gasteiger partial charge < -0.3 is 10.4 Å². The predicted molar refractivity (Wildman–Crippen MR) is 105 cm³/mol. The molecule has 0 saturated heterocycles. The maximum atomic E-state index is 12.2. The number of phenols is 1. The number of hydrogen-bond acceptors (Lipinski definition) is 4. The van der Waals surface area contributed by atoms with Crippen molar-refractivity contribution >= 4 is 39.6 Å². The Morgan fingerprint density at radius 3 is 2.38 bits per heavy atom. The minimum Gasteiger partial charge on any atom is -0.507 e. The van der Waals surface area contributed by atoms with E-state index in [1.165, 1.54) is 13.1 Å². The first-order chi connectivity index (χ1) is 12.3. The predicted octanol–water partition coefficient (Wildman–Crippen LogP) is 3.50. The molecule has 7 heteroatoms. The van der Waals surface area contributed by atoms with Gasteiger partial charge in [0.1, 0.15) is 11.7 Å². The zero-order valence-corrected chi connectivity index (χ0v) is 16.3. The number of aryl methyl sites for hydroxylation is 2. The number of para-hydroxylation sites is 1. The standard InChI is InChI=1S/C19H20BrN3O3/c1-11-8-14(9-12(2)17(11)24)10-21-23-19(26)13(3)18(25)22-16-7-5-4-6-15(16)20/h4-10,13,24H,1-3H3,(H,22,25)(H,23,26)/b21-10+. The van der Waals surface area contributed by atoms with Crippen molar-refractivity contribution in [2.24, 2.45) is 11.0 Å². The minimum atomic E-state index is -0.914. The van der Waals surface area contributed by atoms with E-state index in [2.05, 4.69) is 31.8 Å². The van der Waals surface area contributed by atoms with Gasteiger partial charge in [-0.05, 0) is 77.7 Å². The number of anilines is 1. The number of carbonyl (C=O) groups is 2. The van der Waals surface area contributed by atoms with E-state index in [4.69, 9.17) is 0 Å². The van der Waals surface area contributed by atoms with Gasteiger partial charge in [-0.1, -0.05) is 12.1 Å². The van der Waals surface area contributed by atoms with Gasteiger partial charge in [-0.25, -0.2) is 5.43 Å². The topological polar surface area (TPSA) is 90.8 Å². The summed E-state index contributed by atoms with van der Waals surface area (Å²) in [6.45, 7) is 5.07. The lowest BCUT2D eigenvalue weighted by molar-refractivity contribution is -0.131. The van der Waals surface area contributed by atoms with E-state index in [-0.39, 0.29) is 5.75 Å². The van der Waals surface area contributed by atoms with E-state index >= 15 is 0 Å². The molecule has 2 amide bonds. The Bertz CT molecular complexity index is 842. The van der Waals surface area contributed by atoms with Crippen molar-refractivity contribution in [3.63, 3.8) is 0 Å². The van der Waals surface area contributed by atoms with Gasteiger partial charge in [-0.15, -0.1) is 0 Å². The molecule has 136 valence electrons. The van der Waals surface area contributed by atoms with Crippen LogP contribution in [-0.2, 0) is 9.59 Å². The zero-order valence-electron chi connectivity index (χ0n) is 14.7. The number of phenolic OH excluding ortho intramolecular Hbond substituents is 1. The molecule has 0 aliphatic heterocycles. The molecule has 0 spiro atoms. The van der Waals surface area contributed by atoms with Crippen LogP contribution in [0.25, 0.3) is 0 Å². The van der Waals surface area contributed by atoms with Crippen LogP contribution in [0.1, 0.15) is 23.6 Å². The summed E-state index contributed by atoms with van der Waals surface area (Å²) < 4.78 is 0.733. The summed E-state index contributed by atoms with van der Waals surface area (Å²) in [5, 5.41) is 16.3. The first kappa shape index (κ1) is 19.7. The third-order valence-electron chi connectivity index (χ3n) is 3.82. The lowest BCUT2D eigenvalue weighted by atomic mass is 10.1. The zero-order chi connectivity index (χ0) is 19.3. The Kier molecular flexibility index (Phi) is 6.52. The molecule has 0 fully saturated rings. The monoisotopic (exact) mass is 417 g/mol. The lowest BCUT2D eigenvalue weighted by Gasteiger charge is -2.11. The summed E-state index contributed by atoms with van der Waals surface area (Å²) in [5.41, 5.74) is 5.14. The van der Waals surface area contributed by atoms with Crippen LogP contribution in [0.3, 0.4) is 0 Å². The van der Waals surface area contributed by atoms with Crippen LogP contribution in [0.15, 0.2) is 46.0 Å². The van der Waals surface area contributed by atoms with Gasteiger partial charge >= 0.3 is 0 Å². The second-order valence-corrected chi connectivity index (χ2v) is 6.78. The Hall–Kier alpha value is -2.67. The second-order valence-electron chi connectivity index (χ2n) is 5.93. The van der Waals surface area contributed by atoms with Gasteiger partial charge in [-0.3, -0.25) is 9.59 Å². The molecule has 0 bridgehead atoms.